The minimum atomic E-state index is -0.845. The molecule has 6 N–H and O–H groups in total. The molecule has 0 aliphatic carbocycles. The number of guanidine groups is 1. The zero-order chi connectivity index (χ0) is 36.7. The summed E-state index contributed by atoms with van der Waals surface area (Å²) in [5.74, 6) is -0.279. The number of ether oxygens (including phenoxy) is 1. The van der Waals surface area contributed by atoms with Gasteiger partial charge in [0.15, 0.2) is 5.96 Å². The largest absolute Gasteiger partial charge is 0.414 e. The van der Waals surface area contributed by atoms with E-state index in [1.165, 1.54) is 4.90 Å². The van der Waals surface area contributed by atoms with Gasteiger partial charge in [0.2, 0.25) is 5.91 Å². The van der Waals surface area contributed by atoms with Crippen LogP contribution in [0.15, 0.2) is 108 Å². The summed E-state index contributed by atoms with van der Waals surface area (Å²) in [7, 11) is 5.72. The SMILES string of the molecule is C/C=C(\OC(=O)N(C)C[C@H](C)NC(=O)[C@H](CCCN=C(N)N)NC(=O)c1ccccc1)C(C[C@@H](C)N(C)C)(c1ccccc1)c1ccccc1. The lowest BCUT2D eigenvalue weighted by Crippen LogP contribution is -2.51. The molecular weight excluding hydrogens is 630 g/mol. The van der Waals surface area contributed by atoms with Gasteiger partial charge in [-0.3, -0.25) is 14.6 Å². The van der Waals surface area contributed by atoms with Crippen LogP contribution >= 0.6 is 0 Å². The fourth-order valence-corrected chi connectivity index (χ4v) is 5.90. The van der Waals surface area contributed by atoms with Crippen LogP contribution < -0.4 is 22.1 Å². The van der Waals surface area contributed by atoms with Crippen molar-refractivity contribution >= 4 is 23.9 Å². The third-order valence-electron chi connectivity index (χ3n) is 8.75. The first kappa shape index (κ1) is 39.3. The Morgan fingerprint density at radius 2 is 1.40 bits per heavy atom. The van der Waals surface area contributed by atoms with Crippen LogP contribution in [0.2, 0.25) is 0 Å². The zero-order valence-corrected chi connectivity index (χ0v) is 30.1. The second kappa shape index (κ2) is 19.1. The lowest BCUT2D eigenvalue weighted by Gasteiger charge is -2.40. The number of hydrogen-bond donors (Lipinski definition) is 4. The number of nitrogens with two attached hydrogens (primary N) is 2. The number of nitrogens with zero attached hydrogens (tertiary/aromatic N) is 3. The average Bonchev–Trinajstić information content (AvgIpc) is 3.11. The number of hydrogen-bond acceptors (Lipinski definition) is 6. The number of benzene rings is 3. The third-order valence-corrected chi connectivity index (χ3v) is 8.75. The van der Waals surface area contributed by atoms with Crippen LogP contribution in [0.3, 0.4) is 0 Å². The molecule has 0 heterocycles. The molecule has 11 nitrogen and oxygen atoms in total. The van der Waals surface area contributed by atoms with Gasteiger partial charge in [-0.1, -0.05) is 78.9 Å². The Balaban J connectivity index is 1.79. The highest BCUT2D eigenvalue weighted by Crippen LogP contribution is 2.44. The molecule has 0 aliphatic heterocycles. The summed E-state index contributed by atoms with van der Waals surface area (Å²) in [6.45, 7) is 6.30. The number of allylic oxidation sites excluding steroid dienone is 2. The summed E-state index contributed by atoms with van der Waals surface area (Å²) in [5.41, 5.74) is 12.6. The number of aliphatic imine (C=N–C) groups is 1. The van der Waals surface area contributed by atoms with Crippen molar-refractivity contribution in [2.45, 2.75) is 63.6 Å². The number of carbonyl (C=O) groups is 3. The number of rotatable bonds is 17. The van der Waals surface area contributed by atoms with Gasteiger partial charge in [0.05, 0.1) is 5.41 Å². The summed E-state index contributed by atoms with van der Waals surface area (Å²) < 4.78 is 6.28. The Kier molecular flexibility index (Phi) is 15.0. The number of amides is 3. The van der Waals surface area contributed by atoms with Crippen LogP contribution in [-0.4, -0.2) is 86.0 Å². The molecule has 0 saturated carbocycles. The normalized spacial score (nSPS) is 13.5. The molecule has 11 heteroatoms. The molecule has 0 unspecified atom stereocenters. The van der Waals surface area contributed by atoms with Gasteiger partial charge in [-0.25, -0.2) is 4.79 Å². The van der Waals surface area contributed by atoms with E-state index in [1.54, 1.807) is 38.2 Å². The number of nitrogens with one attached hydrogen (secondary N) is 2. The summed E-state index contributed by atoms with van der Waals surface area (Å²) in [6.07, 6.45) is 2.73. The second-order valence-electron chi connectivity index (χ2n) is 12.8. The third kappa shape index (κ3) is 10.9. The molecule has 0 aliphatic rings. The van der Waals surface area contributed by atoms with Crippen LogP contribution in [0.5, 0.6) is 0 Å². The van der Waals surface area contributed by atoms with E-state index in [2.05, 4.69) is 51.7 Å². The maximum atomic E-state index is 13.8. The summed E-state index contributed by atoms with van der Waals surface area (Å²) in [4.78, 5) is 47.8. The van der Waals surface area contributed by atoms with E-state index >= 15 is 0 Å². The van der Waals surface area contributed by atoms with E-state index in [0.717, 1.165) is 11.1 Å². The highest BCUT2D eigenvalue weighted by atomic mass is 16.6. The molecule has 3 rings (SSSR count). The van der Waals surface area contributed by atoms with Crippen LogP contribution in [-0.2, 0) is 14.9 Å². The van der Waals surface area contributed by atoms with Crippen molar-refractivity contribution in [3.63, 3.8) is 0 Å². The predicted molar refractivity (Wildman–Crippen MR) is 200 cm³/mol. The first-order valence-electron chi connectivity index (χ1n) is 17.0. The monoisotopic (exact) mass is 683 g/mol. The van der Waals surface area contributed by atoms with Crippen molar-refractivity contribution < 1.29 is 19.1 Å². The molecule has 0 spiro atoms. The number of carbonyl (C=O) groups excluding carboxylic acids is 3. The second-order valence-corrected chi connectivity index (χ2v) is 12.8. The molecule has 0 aromatic heterocycles. The van der Waals surface area contributed by atoms with E-state index < -0.39 is 23.6 Å². The topological polar surface area (TPSA) is 155 Å². The van der Waals surface area contributed by atoms with E-state index in [-0.39, 0.29) is 30.4 Å². The lowest BCUT2D eigenvalue weighted by molar-refractivity contribution is -0.123. The maximum Gasteiger partial charge on any atom is 0.414 e. The van der Waals surface area contributed by atoms with Crippen LogP contribution in [0, 0.1) is 0 Å². The van der Waals surface area contributed by atoms with Crippen LogP contribution in [0.25, 0.3) is 0 Å². The highest BCUT2D eigenvalue weighted by Gasteiger charge is 2.42. The smallest absolute Gasteiger partial charge is 0.414 e. The molecule has 50 heavy (non-hydrogen) atoms. The van der Waals surface area contributed by atoms with Crippen molar-refractivity contribution in [2.75, 3.05) is 34.2 Å². The summed E-state index contributed by atoms with van der Waals surface area (Å²) in [6, 6.07) is 27.7. The molecule has 0 bridgehead atoms. The van der Waals surface area contributed by atoms with Gasteiger partial charge in [-0.05, 0) is 83.5 Å². The first-order valence-corrected chi connectivity index (χ1v) is 17.0. The molecule has 0 fully saturated rings. The maximum absolute atomic E-state index is 13.8. The summed E-state index contributed by atoms with van der Waals surface area (Å²) >= 11 is 0. The molecule has 3 aromatic carbocycles. The van der Waals surface area contributed by atoms with Crippen molar-refractivity contribution in [1.82, 2.24) is 20.4 Å². The average molecular weight is 684 g/mol. The Hall–Kier alpha value is -5.16. The van der Waals surface area contributed by atoms with Gasteiger partial charge in [0.25, 0.3) is 5.91 Å². The van der Waals surface area contributed by atoms with Crippen molar-refractivity contribution in [3.8, 4) is 0 Å². The van der Waals surface area contributed by atoms with Gasteiger partial charge in [0.1, 0.15) is 11.8 Å². The Morgan fingerprint density at radius 3 is 1.90 bits per heavy atom. The molecule has 3 amide bonds. The Morgan fingerprint density at radius 1 is 0.860 bits per heavy atom. The first-order chi connectivity index (χ1) is 23.9. The van der Waals surface area contributed by atoms with Crippen LogP contribution in [0.4, 0.5) is 4.79 Å². The molecule has 0 saturated heterocycles. The molecule has 268 valence electrons. The van der Waals surface area contributed by atoms with Crippen LogP contribution in [0.1, 0.15) is 61.5 Å². The Bertz CT molecular complexity index is 1540. The van der Waals surface area contributed by atoms with Gasteiger partial charge in [-0.2, -0.15) is 0 Å². The fraction of sp³-hybridized carbons (Fsp3) is 0.385. The standard InChI is InChI=1S/C39H53N7O4/c1-7-34(39(26-29(3)45(4)5,31-20-13-9-14-21-31)32-22-15-10-16-23-32)50-38(49)46(6)27-28(2)43-36(48)33(24-17-25-42-37(40)41)44-35(47)30-18-11-8-12-19-30/h7-16,18-23,28-29,33H,17,24-27H2,1-6H3,(H,43,48)(H,44,47)(H4,40,41,42)/b34-7-/t28-,29+,33-/m0/s1. The number of likely N-dealkylation sites (N-methyl/N-ethyl adjacent to an activating group) is 1. The zero-order valence-electron chi connectivity index (χ0n) is 30.1. The van der Waals surface area contributed by atoms with Crippen molar-refractivity contribution in [3.05, 3.63) is 120 Å². The molecule has 3 aromatic rings. The molecular formula is C39H53N7O4. The lowest BCUT2D eigenvalue weighted by atomic mass is 9.68. The van der Waals surface area contributed by atoms with Gasteiger partial charge in [-0.15, -0.1) is 0 Å². The van der Waals surface area contributed by atoms with Gasteiger partial charge < -0.3 is 36.6 Å². The van der Waals surface area contributed by atoms with Gasteiger partial charge >= 0.3 is 6.09 Å². The van der Waals surface area contributed by atoms with E-state index in [1.807, 2.05) is 69.6 Å². The molecule has 3 atom stereocenters. The van der Waals surface area contributed by atoms with Gasteiger partial charge in [0, 0.05) is 37.8 Å². The molecule has 0 radical (unpaired) electrons. The Labute approximate surface area is 296 Å². The van der Waals surface area contributed by atoms with E-state index in [9.17, 15) is 14.4 Å². The van der Waals surface area contributed by atoms with Crippen molar-refractivity contribution in [2.24, 2.45) is 16.5 Å². The highest BCUT2D eigenvalue weighted by molar-refractivity contribution is 5.97. The van der Waals surface area contributed by atoms with E-state index in [4.69, 9.17) is 16.2 Å². The van der Waals surface area contributed by atoms with E-state index in [0.29, 0.717) is 37.1 Å². The quantitative estimate of drug-likeness (QED) is 0.0699. The fourth-order valence-electron chi connectivity index (χ4n) is 5.90. The predicted octanol–water partition coefficient (Wildman–Crippen LogP) is 4.64. The minimum Gasteiger partial charge on any atom is -0.414 e. The minimum absolute atomic E-state index is 0.0408. The summed E-state index contributed by atoms with van der Waals surface area (Å²) in [5, 5.41) is 5.78. The van der Waals surface area contributed by atoms with Crippen molar-refractivity contribution in [1.29, 1.82) is 0 Å².